The van der Waals surface area contributed by atoms with Crippen LogP contribution >= 0.6 is 0 Å². The maximum Gasteiger partial charge on any atom is 0.415 e. The van der Waals surface area contributed by atoms with Crippen molar-refractivity contribution in [2.75, 3.05) is 26.7 Å². The fourth-order valence-electron chi connectivity index (χ4n) is 4.55. The van der Waals surface area contributed by atoms with Gasteiger partial charge in [0.1, 0.15) is 5.75 Å². The van der Waals surface area contributed by atoms with Crippen LogP contribution < -0.4 is 4.74 Å². The van der Waals surface area contributed by atoms with Gasteiger partial charge in [0.2, 0.25) is 5.91 Å². The Kier molecular flexibility index (Phi) is 8.73. The van der Waals surface area contributed by atoms with Gasteiger partial charge in [0.05, 0.1) is 43.8 Å². The van der Waals surface area contributed by atoms with Crippen LogP contribution in [0.1, 0.15) is 32.4 Å². The van der Waals surface area contributed by atoms with Crippen LogP contribution in [0.5, 0.6) is 5.75 Å². The molecule has 1 aliphatic heterocycles. The number of carbonyl (C=O) groups excluding carboxylic acids is 2. The number of aryl methyl sites for hydroxylation is 1. The highest BCUT2D eigenvalue weighted by molar-refractivity contribution is 5.90. The lowest BCUT2D eigenvalue weighted by atomic mass is 10.0. The molecule has 0 fully saturated rings. The minimum absolute atomic E-state index is 0.0295. The first-order valence-electron chi connectivity index (χ1n) is 12.7. The first kappa shape index (κ1) is 26.6. The monoisotopic (exact) mass is 509 g/mol. The standard InChI is InChI=1S/C27H35N5O5/c1-19-15-31(20(2)17-33)26(34)12-7-13-32-22(14-28-29-32)18-36-25(19)16-30(3)27(35)37-24-11-6-9-21-8-4-5-10-23(21)24/h4-6,8-11,14,19-20,25,33H,7,12-13,15-18H2,1-3H3/t19-,20-,25+/m0/s1. The van der Waals surface area contributed by atoms with Crippen LogP contribution in [-0.2, 0) is 22.7 Å². The summed E-state index contributed by atoms with van der Waals surface area (Å²) in [6, 6.07) is 13.0. The van der Waals surface area contributed by atoms with Crippen molar-refractivity contribution in [2.45, 2.75) is 52.0 Å². The summed E-state index contributed by atoms with van der Waals surface area (Å²) in [5.74, 6) is 0.332. The van der Waals surface area contributed by atoms with E-state index in [2.05, 4.69) is 10.3 Å². The Morgan fingerprint density at radius 3 is 2.86 bits per heavy atom. The van der Waals surface area contributed by atoms with Crippen molar-refractivity contribution in [2.24, 2.45) is 5.92 Å². The highest BCUT2D eigenvalue weighted by atomic mass is 16.6. The Morgan fingerprint density at radius 2 is 2.05 bits per heavy atom. The van der Waals surface area contributed by atoms with Crippen molar-refractivity contribution in [1.29, 1.82) is 0 Å². The molecular formula is C27H35N5O5. The lowest BCUT2D eigenvalue weighted by Crippen LogP contribution is -2.48. The van der Waals surface area contributed by atoms with E-state index >= 15 is 0 Å². The van der Waals surface area contributed by atoms with E-state index in [0.29, 0.717) is 31.7 Å². The van der Waals surface area contributed by atoms with Crippen molar-refractivity contribution in [3.8, 4) is 5.75 Å². The molecule has 1 aromatic heterocycles. The summed E-state index contributed by atoms with van der Waals surface area (Å²) in [5.41, 5.74) is 0.812. The smallest absolute Gasteiger partial charge is 0.410 e. The van der Waals surface area contributed by atoms with Crippen LogP contribution in [-0.4, -0.2) is 80.8 Å². The lowest BCUT2D eigenvalue weighted by molar-refractivity contribution is -0.136. The van der Waals surface area contributed by atoms with Gasteiger partial charge in [-0.05, 0) is 24.8 Å². The fourth-order valence-corrected chi connectivity index (χ4v) is 4.55. The van der Waals surface area contributed by atoms with E-state index in [1.54, 1.807) is 28.9 Å². The zero-order valence-corrected chi connectivity index (χ0v) is 21.6. The van der Waals surface area contributed by atoms with E-state index in [1.165, 1.54) is 4.90 Å². The molecule has 4 rings (SSSR count). The molecule has 0 spiro atoms. The normalized spacial score (nSPS) is 20.0. The third-order valence-corrected chi connectivity index (χ3v) is 6.85. The van der Waals surface area contributed by atoms with Gasteiger partial charge in [-0.2, -0.15) is 0 Å². The zero-order chi connectivity index (χ0) is 26.4. The molecule has 3 aromatic rings. The van der Waals surface area contributed by atoms with E-state index in [1.807, 2.05) is 50.2 Å². The molecule has 198 valence electrons. The number of fused-ring (bicyclic) bond motifs is 2. The van der Waals surface area contributed by atoms with Crippen LogP contribution in [0.3, 0.4) is 0 Å². The largest absolute Gasteiger partial charge is 0.415 e. The van der Waals surface area contributed by atoms with Gasteiger partial charge in [-0.15, -0.1) is 5.10 Å². The summed E-state index contributed by atoms with van der Waals surface area (Å²) in [7, 11) is 1.67. The number of aliphatic hydroxyl groups excluding tert-OH is 1. The average Bonchev–Trinajstić information content (AvgIpc) is 3.35. The van der Waals surface area contributed by atoms with Crippen LogP contribution in [0.2, 0.25) is 0 Å². The van der Waals surface area contributed by atoms with E-state index in [0.717, 1.165) is 16.5 Å². The molecule has 0 aliphatic carbocycles. The molecule has 0 bridgehead atoms. The van der Waals surface area contributed by atoms with Crippen LogP contribution in [0.25, 0.3) is 10.8 Å². The summed E-state index contributed by atoms with van der Waals surface area (Å²) in [6.07, 6.45) is 1.72. The number of likely N-dealkylation sites (N-methyl/N-ethyl adjacent to an activating group) is 1. The number of amides is 2. The average molecular weight is 510 g/mol. The number of benzene rings is 2. The van der Waals surface area contributed by atoms with Gasteiger partial charge in [-0.1, -0.05) is 48.5 Å². The van der Waals surface area contributed by atoms with Crippen molar-refractivity contribution in [1.82, 2.24) is 24.8 Å². The van der Waals surface area contributed by atoms with Crippen molar-refractivity contribution in [3.05, 3.63) is 54.4 Å². The molecule has 10 heteroatoms. The van der Waals surface area contributed by atoms with E-state index < -0.39 is 12.2 Å². The fraction of sp³-hybridized carbons (Fsp3) is 0.481. The molecule has 0 saturated heterocycles. The quantitative estimate of drug-likeness (QED) is 0.563. The van der Waals surface area contributed by atoms with Gasteiger partial charge in [0.15, 0.2) is 0 Å². The van der Waals surface area contributed by atoms with E-state index in [9.17, 15) is 14.7 Å². The van der Waals surface area contributed by atoms with Crippen LogP contribution in [0.15, 0.2) is 48.7 Å². The molecule has 2 heterocycles. The van der Waals surface area contributed by atoms with Gasteiger partial charge < -0.3 is 24.4 Å². The van der Waals surface area contributed by atoms with Crippen molar-refractivity contribution < 1.29 is 24.2 Å². The number of aromatic nitrogens is 3. The summed E-state index contributed by atoms with van der Waals surface area (Å²) in [6.45, 7) is 5.15. The molecule has 1 aliphatic rings. The van der Waals surface area contributed by atoms with Gasteiger partial charge in [-0.3, -0.25) is 4.79 Å². The van der Waals surface area contributed by atoms with Crippen molar-refractivity contribution in [3.63, 3.8) is 0 Å². The Bertz CT molecular complexity index is 1210. The molecule has 0 unspecified atom stereocenters. The molecule has 1 N–H and O–H groups in total. The minimum Gasteiger partial charge on any atom is -0.410 e. The Hall–Kier alpha value is -3.50. The predicted molar refractivity (Wildman–Crippen MR) is 138 cm³/mol. The van der Waals surface area contributed by atoms with Gasteiger partial charge >= 0.3 is 6.09 Å². The first-order valence-corrected chi connectivity index (χ1v) is 12.7. The summed E-state index contributed by atoms with van der Waals surface area (Å²) >= 11 is 0. The first-order chi connectivity index (χ1) is 17.9. The molecule has 2 amide bonds. The van der Waals surface area contributed by atoms with Gasteiger partial charge in [-0.25, -0.2) is 9.48 Å². The molecule has 0 radical (unpaired) electrons. The minimum atomic E-state index is -0.498. The number of hydrogen-bond donors (Lipinski definition) is 1. The van der Waals surface area contributed by atoms with E-state index in [-0.39, 0.29) is 37.6 Å². The number of rotatable bonds is 5. The Morgan fingerprint density at radius 1 is 1.27 bits per heavy atom. The second-order valence-corrected chi connectivity index (χ2v) is 9.68. The molecule has 3 atom stereocenters. The zero-order valence-electron chi connectivity index (χ0n) is 21.6. The van der Waals surface area contributed by atoms with E-state index in [4.69, 9.17) is 9.47 Å². The summed E-state index contributed by atoms with van der Waals surface area (Å²) in [4.78, 5) is 29.3. The highest BCUT2D eigenvalue weighted by Gasteiger charge is 2.29. The van der Waals surface area contributed by atoms with Crippen LogP contribution in [0.4, 0.5) is 4.79 Å². The van der Waals surface area contributed by atoms with Gasteiger partial charge in [0.25, 0.3) is 0 Å². The third-order valence-electron chi connectivity index (χ3n) is 6.85. The molecule has 10 nitrogen and oxygen atoms in total. The maximum absolute atomic E-state index is 13.1. The molecule has 37 heavy (non-hydrogen) atoms. The summed E-state index contributed by atoms with van der Waals surface area (Å²) < 4.78 is 13.8. The molecule has 2 aromatic carbocycles. The predicted octanol–water partition coefficient (Wildman–Crippen LogP) is 3.09. The van der Waals surface area contributed by atoms with Gasteiger partial charge in [0, 0.05) is 37.9 Å². The highest BCUT2D eigenvalue weighted by Crippen LogP contribution is 2.26. The SMILES string of the molecule is C[C@H]1CN([C@@H](C)CO)C(=O)CCCn2nncc2CO[C@@H]1CN(C)C(=O)Oc1cccc2ccccc12. The number of ether oxygens (including phenoxy) is 2. The Balaban J connectivity index is 1.52. The Labute approximate surface area is 216 Å². The maximum atomic E-state index is 13.1. The van der Waals surface area contributed by atoms with Crippen LogP contribution in [0, 0.1) is 5.92 Å². The number of nitrogens with zero attached hydrogens (tertiary/aromatic N) is 5. The third kappa shape index (κ3) is 6.44. The van der Waals surface area contributed by atoms with Crippen molar-refractivity contribution >= 4 is 22.8 Å². The topological polar surface area (TPSA) is 110 Å². The number of carbonyl (C=O) groups is 2. The molecule has 0 saturated carbocycles. The number of aliphatic hydroxyl groups is 1. The molecular weight excluding hydrogens is 474 g/mol. The summed E-state index contributed by atoms with van der Waals surface area (Å²) in [5, 5.41) is 19.7. The number of hydrogen-bond acceptors (Lipinski definition) is 7. The second kappa shape index (κ2) is 12.2. The second-order valence-electron chi connectivity index (χ2n) is 9.68. The lowest BCUT2D eigenvalue weighted by Gasteiger charge is -2.35.